The van der Waals surface area contributed by atoms with Gasteiger partial charge in [0.15, 0.2) is 25.0 Å². The first-order valence-electron chi connectivity index (χ1n) is 17.3. The zero-order valence-corrected chi connectivity index (χ0v) is 35.0. The predicted molar refractivity (Wildman–Crippen MR) is 200 cm³/mol. The van der Waals surface area contributed by atoms with Crippen molar-refractivity contribution >= 4 is 74.8 Å². The molecule has 0 fully saturated rings. The summed E-state index contributed by atoms with van der Waals surface area (Å²) in [6.07, 6.45) is -1.18. The van der Waals surface area contributed by atoms with Crippen molar-refractivity contribution in [2.45, 2.75) is 115 Å². The fourth-order valence-electron chi connectivity index (χ4n) is 6.09. The molecule has 0 bridgehead atoms. The van der Waals surface area contributed by atoms with Gasteiger partial charge < -0.3 is 43.0 Å². The maximum absolute atomic E-state index is 11.5. The minimum Gasteiger partial charge on any atom is -0.481 e. The highest BCUT2D eigenvalue weighted by molar-refractivity contribution is 6.96. The van der Waals surface area contributed by atoms with Gasteiger partial charge in [-0.1, -0.05) is 30.3 Å². The number of aliphatic carboxylic acids is 6. The lowest BCUT2D eigenvalue weighted by atomic mass is 9.99. The maximum Gasteiger partial charge on any atom is 0.505 e. The molecule has 6 N–H and O–H groups in total. The van der Waals surface area contributed by atoms with Gasteiger partial charge in [0, 0.05) is 43.7 Å². The maximum atomic E-state index is 11.5. The molecule has 0 saturated carbocycles. The highest BCUT2D eigenvalue weighted by Crippen LogP contribution is 2.34. The van der Waals surface area contributed by atoms with Crippen LogP contribution in [0.5, 0.6) is 0 Å². The molecule has 19 heteroatoms. The number of carboxylic acids is 6. The molecule has 0 aliphatic carbocycles. The van der Waals surface area contributed by atoms with Crippen molar-refractivity contribution in [2.24, 2.45) is 17.8 Å². The van der Waals surface area contributed by atoms with Crippen molar-refractivity contribution in [3.05, 3.63) is 30.3 Å². The molecule has 294 valence electrons. The molecule has 0 aromatic heterocycles. The Kier molecular flexibility index (Phi) is 18.8. The zero-order valence-electron chi connectivity index (χ0n) is 31.0. The molecule has 0 unspecified atom stereocenters. The number of carboxylic acid groups (broad SMARTS) is 6. The minimum absolute atomic E-state index is 0.261. The van der Waals surface area contributed by atoms with E-state index in [4.69, 9.17) is 12.3 Å². The Morgan fingerprint density at radius 2 is 0.692 bits per heavy atom. The molecule has 0 radical (unpaired) electrons. The molecule has 0 saturated heterocycles. The molecule has 0 heterocycles. The van der Waals surface area contributed by atoms with Crippen LogP contribution in [0.3, 0.4) is 0 Å². The van der Waals surface area contributed by atoms with Gasteiger partial charge in [-0.05, 0) is 94.4 Å². The summed E-state index contributed by atoms with van der Waals surface area (Å²) in [5.41, 5.74) is 0. The highest BCUT2D eigenvalue weighted by atomic mass is 28.5. The minimum atomic E-state index is -4.00. The normalized spacial score (nSPS) is 12.7. The third-order valence-electron chi connectivity index (χ3n) is 8.60. The number of hydrogen-bond acceptors (Lipinski definition) is 9. The van der Waals surface area contributed by atoms with E-state index in [2.05, 4.69) is 0 Å². The second kappa shape index (κ2) is 20.9. The Bertz CT molecular complexity index is 1190. The van der Waals surface area contributed by atoms with Crippen LogP contribution in [0.2, 0.25) is 57.4 Å². The summed E-state index contributed by atoms with van der Waals surface area (Å²) >= 11 is 0. The smallest absolute Gasteiger partial charge is 0.481 e. The van der Waals surface area contributed by atoms with Crippen LogP contribution in [0.15, 0.2) is 30.3 Å². The van der Waals surface area contributed by atoms with Gasteiger partial charge in [0.05, 0.1) is 0 Å². The monoisotopic (exact) mass is 804 g/mol. The zero-order chi connectivity index (χ0) is 39.9. The highest BCUT2D eigenvalue weighted by Gasteiger charge is 2.54. The number of rotatable bonds is 28. The molecule has 1 aromatic rings. The Balaban J connectivity index is 3.70. The van der Waals surface area contributed by atoms with Crippen LogP contribution in [-0.4, -0.2) is 100 Å². The Hall–Kier alpha value is -3.21. The summed E-state index contributed by atoms with van der Waals surface area (Å²) in [5, 5.41) is 57.2. The van der Waals surface area contributed by atoms with Gasteiger partial charge in [0.25, 0.3) is 0 Å². The average Bonchev–Trinajstić information content (AvgIpc) is 2.96. The lowest BCUT2D eigenvalue weighted by Gasteiger charge is -2.45. The molecule has 52 heavy (non-hydrogen) atoms. The fraction of sp³-hybridized carbons (Fsp3) is 0.636. The van der Waals surface area contributed by atoms with Crippen LogP contribution in [0.1, 0.15) is 57.8 Å². The van der Waals surface area contributed by atoms with Crippen LogP contribution in [-0.2, 0) is 41.1 Å². The van der Waals surface area contributed by atoms with E-state index in [1.165, 1.54) is 0 Å². The van der Waals surface area contributed by atoms with E-state index < -0.39 is 87.3 Å². The van der Waals surface area contributed by atoms with E-state index >= 15 is 0 Å². The average molecular weight is 805 g/mol. The summed E-state index contributed by atoms with van der Waals surface area (Å²) in [6, 6.07) is 10.2. The Labute approximate surface area is 309 Å². The molecule has 1 rings (SSSR count). The van der Waals surface area contributed by atoms with Gasteiger partial charge in [-0.3, -0.25) is 28.8 Å². The topological polar surface area (TPSA) is 251 Å². The molecular formula is C33H56O15Si4. The second-order valence-corrected chi connectivity index (χ2v) is 31.5. The van der Waals surface area contributed by atoms with Crippen LogP contribution in [0, 0.1) is 17.8 Å². The van der Waals surface area contributed by atoms with Crippen LogP contribution in [0.25, 0.3) is 0 Å². The molecule has 15 nitrogen and oxygen atoms in total. The van der Waals surface area contributed by atoms with Gasteiger partial charge in [0.2, 0.25) is 0 Å². The quantitative estimate of drug-likeness (QED) is 0.0583. The fourth-order valence-corrected chi connectivity index (χ4v) is 23.0. The van der Waals surface area contributed by atoms with E-state index in [-0.39, 0.29) is 57.8 Å². The molecule has 0 atom stereocenters. The predicted octanol–water partition coefficient (Wildman–Crippen LogP) is 5.36. The lowest BCUT2D eigenvalue weighted by Crippen LogP contribution is -2.68. The van der Waals surface area contributed by atoms with E-state index in [0.717, 1.165) is 0 Å². The van der Waals surface area contributed by atoms with Crippen LogP contribution < -0.4 is 5.19 Å². The van der Waals surface area contributed by atoms with Gasteiger partial charge in [-0.2, -0.15) is 0 Å². The Morgan fingerprint density at radius 1 is 0.462 bits per heavy atom. The van der Waals surface area contributed by atoms with Gasteiger partial charge >= 0.3 is 44.6 Å². The standard InChI is InChI=1S/C33H56O15Si4/c1-49(2,15-12-24(18-28(34)35)19-29(36)37)46-52(27-10-8-7-9-11-27,47-50(3,4)16-13-25(20-30(38)39)21-31(40)41)48-51(5,6)17-14-26(22-32(42)43)23-33(44)45/h7-11,24-26H,12-23H2,1-6H3,(H,34,35)(H,36,37)(H,38,39)(H,40,41)(H,42,43)(H,44,45). The number of hydrogen-bond donors (Lipinski definition) is 6. The summed E-state index contributed by atoms with van der Waals surface area (Å²) < 4.78 is 21.4. The summed E-state index contributed by atoms with van der Waals surface area (Å²) in [6.45, 7) is 11.5. The molecule has 0 aliphatic rings. The molecule has 0 amide bonds. The third-order valence-corrected chi connectivity index (χ3v) is 24.0. The second-order valence-electron chi connectivity index (χ2n) is 15.3. The SMILES string of the molecule is C[Si](C)(CCC(CC(=O)O)CC(=O)O)O[Si](O[Si](C)(C)CCC(CC(=O)O)CC(=O)O)(O[Si](C)(C)CCC(CC(=O)O)CC(=O)O)c1ccccc1. The summed E-state index contributed by atoms with van der Waals surface area (Å²) in [7, 11) is -12.7. The largest absolute Gasteiger partial charge is 0.505 e. The summed E-state index contributed by atoms with van der Waals surface area (Å²) in [5.74, 6) is -8.59. The molecule has 1 aromatic carbocycles. The lowest BCUT2D eigenvalue weighted by molar-refractivity contribution is -0.142. The van der Waals surface area contributed by atoms with Crippen molar-refractivity contribution < 1.29 is 71.8 Å². The number of benzene rings is 1. The first-order chi connectivity index (χ1) is 23.8. The molecular weight excluding hydrogens is 749 g/mol. The van der Waals surface area contributed by atoms with Crippen molar-refractivity contribution in [3.63, 3.8) is 0 Å². The van der Waals surface area contributed by atoms with Crippen LogP contribution >= 0.6 is 0 Å². The van der Waals surface area contributed by atoms with E-state index in [9.17, 15) is 59.4 Å². The first kappa shape index (κ1) is 46.8. The van der Waals surface area contributed by atoms with Crippen molar-refractivity contribution in [1.29, 1.82) is 0 Å². The molecule has 0 aliphatic heterocycles. The van der Waals surface area contributed by atoms with Crippen molar-refractivity contribution in [2.75, 3.05) is 0 Å². The van der Waals surface area contributed by atoms with Crippen LogP contribution in [0.4, 0.5) is 0 Å². The van der Waals surface area contributed by atoms with E-state index in [0.29, 0.717) is 23.3 Å². The van der Waals surface area contributed by atoms with Gasteiger partial charge in [0.1, 0.15) is 0 Å². The van der Waals surface area contributed by atoms with Gasteiger partial charge in [-0.25, -0.2) is 0 Å². The van der Waals surface area contributed by atoms with Crippen molar-refractivity contribution in [1.82, 2.24) is 0 Å². The molecule has 0 spiro atoms. The Morgan fingerprint density at radius 3 is 0.904 bits per heavy atom. The van der Waals surface area contributed by atoms with E-state index in [1.807, 2.05) is 57.5 Å². The summed E-state index contributed by atoms with van der Waals surface area (Å²) in [4.78, 5) is 69.2. The van der Waals surface area contributed by atoms with Gasteiger partial charge in [-0.15, -0.1) is 0 Å². The first-order valence-corrected chi connectivity index (χ1v) is 28.4. The van der Waals surface area contributed by atoms with E-state index in [1.54, 1.807) is 12.1 Å². The number of carbonyl (C=O) groups is 6. The third kappa shape index (κ3) is 19.6. The van der Waals surface area contributed by atoms with Crippen molar-refractivity contribution in [3.8, 4) is 0 Å².